The molecule has 1 aromatic rings. The molecule has 1 heterocycles. The van der Waals surface area contributed by atoms with Crippen LogP contribution in [-0.4, -0.2) is 28.6 Å². The van der Waals surface area contributed by atoms with Gasteiger partial charge in [0.25, 0.3) is 0 Å². The molecule has 0 aliphatic heterocycles. The summed E-state index contributed by atoms with van der Waals surface area (Å²) in [6.45, 7) is 2.62. The molecule has 0 saturated carbocycles. The average Bonchev–Trinajstić information content (AvgIpc) is 2.18. The smallest absolute Gasteiger partial charge is 0.304 e. The van der Waals surface area contributed by atoms with Gasteiger partial charge in [0.05, 0.1) is 6.42 Å². The van der Waals surface area contributed by atoms with E-state index in [1.54, 1.807) is 6.20 Å². The number of hydrogen-bond acceptors (Lipinski definition) is 3. The number of nitrogens with zero attached hydrogens (tertiary/aromatic N) is 1. The van der Waals surface area contributed by atoms with Gasteiger partial charge in [0, 0.05) is 30.9 Å². The number of carboxylic acid groups (broad SMARTS) is 1. The van der Waals surface area contributed by atoms with E-state index >= 15 is 0 Å². The van der Waals surface area contributed by atoms with Gasteiger partial charge < -0.3 is 10.4 Å². The van der Waals surface area contributed by atoms with Crippen molar-refractivity contribution in [1.82, 2.24) is 10.3 Å². The number of rotatable bonds is 6. The van der Waals surface area contributed by atoms with E-state index in [-0.39, 0.29) is 12.5 Å². The Labute approximate surface area is 89.3 Å². The lowest BCUT2D eigenvalue weighted by atomic mass is 10.2. The summed E-state index contributed by atoms with van der Waals surface area (Å²) in [5.41, 5.74) is 1.02. The van der Waals surface area contributed by atoms with Crippen molar-refractivity contribution < 1.29 is 9.90 Å². The van der Waals surface area contributed by atoms with Crippen LogP contribution in [0, 0.1) is 0 Å². The minimum absolute atomic E-state index is 0.00575. The van der Waals surface area contributed by atoms with Crippen LogP contribution in [0.2, 0.25) is 0 Å². The minimum Gasteiger partial charge on any atom is -0.481 e. The maximum atomic E-state index is 10.4. The zero-order chi connectivity index (χ0) is 11.1. The van der Waals surface area contributed by atoms with Crippen molar-refractivity contribution in [1.29, 1.82) is 0 Å². The van der Waals surface area contributed by atoms with Crippen LogP contribution >= 0.6 is 0 Å². The molecule has 82 valence electrons. The van der Waals surface area contributed by atoms with Crippen LogP contribution in [0.25, 0.3) is 0 Å². The second kappa shape index (κ2) is 6.14. The second-order valence-corrected chi connectivity index (χ2v) is 3.52. The van der Waals surface area contributed by atoms with Crippen LogP contribution in [0.5, 0.6) is 0 Å². The van der Waals surface area contributed by atoms with Gasteiger partial charge in [-0.25, -0.2) is 0 Å². The molecule has 0 radical (unpaired) electrons. The molecule has 4 nitrogen and oxygen atoms in total. The van der Waals surface area contributed by atoms with Gasteiger partial charge in [0.2, 0.25) is 0 Å². The molecule has 0 aliphatic carbocycles. The number of pyridine rings is 1. The Morgan fingerprint density at radius 3 is 3.00 bits per heavy atom. The van der Waals surface area contributed by atoms with Crippen LogP contribution in [0.15, 0.2) is 24.4 Å². The fourth-order valence-electron chi connectivity index (χ4n) is 1.33. The molecule has 1 atom stereocenters. The fourth-order valence-corrected chi connectivity index (χ4v) is 1.33. The first-order chi connectivity index (χ1) is 7.18. The molecule has 4 heteroatoms. The molecule has 0 aromatic carbocycles. The second-order valence-electron chi connectivity index (χ2n) is 3.52. The van der Waals surface area contributed by atoms with Crippen LogP contribution < -0.4 is 5.32 Å². The predicted octanol–water partition coefficient (Wildman–Crippen LogP) is 1.08. The highest BCUT2D eigenvalue weighted by atomic mass is 16.4. The van der Waals surface area contributed by atoms with Crippen LogP contribution in [-0.2, 0) is 11.2 Å². The molecule has 15 heavy (non-hydrogen) atoms. The Morgan fingerprint density at radius 1 is 1.60 bits per heavy atom. The third-order valence-corrected chi connectivity index (χ3v) is 2.08. The monoisotopic (exact) mass is 208 g/mol. The summed E-state index contributed by atoms with van der Waals surface area (Å²) in [6, 6.07) is 5.79. The van der Waals surface area contributed by atoms with Gasteiger partial charge in [-0.15, -0.1) is 0 Å². The van der Waals surface area contributed by atoms with Crippen molar-refractivity contribution in [2.75, 3.05) is 6.54 Å². The van der Waals surface area contributed by atoms with Crippen molar-refractivity contribution in [3.8, 4) is 0 Å². The predicted molar refractivity (Wildman–Crippen MR) is 57.7 cm³/mol. The number of nitrogens with one attached hydrogen (secondary N) is 1. The van der Waals surface area contributed by atoms with Crippen molar-refractivity contribution >= 4 is 5.97 Å². The zero-order valence-corrected chi connectivity index (χ0v) is 8.81. The number of carbonyl (C=O) groups is 1. The highest BCUT2D eigenvalue weighted by Gasteiger charge is 2.05. The summed E-state index contributed by atoms with van der Waals surface area (Å²) in [7, 11) is 0. The van der Waals surface area contributed by atoms with E-state index in [9.17, 15) is 4.79 Å². The molecule has 0 bridgehead atoms. The Kier molecular flexibility index (Phi) is 4.77. The quantitative estimate of drug-likeness (QED) is 0.734. The number of carboxylic acids is 1. The molecular formula is C11H16N2O2. The Morgan fingerprint density at radius 2 is 2.40 bits per heavy atom. The standard InChI is InChI=1S/C11H16N2O2/c1-9(8-11(14)15)12-7-5-10-4-2-3-6-13-10/h2-4,6,9,12H,5,7-8H2,1H3,(H,14,15). The lowest BCUT2D eigenvalue weighted by Gasteiger charge is -2.10. The van der Waals surface area contributed by atoms with E-state index in [4.69, 9.17) is 5.11 Å². The molecule has 0 amide bonds. The van der Waals surface area contributed by atoms with Gasteiger partial charge in [-0.3, -0.25) is 9.78 Å². The Bertz CT molecular complexity index is 301. The molecule has 2 N–H and O–H groups in total. The lowest BCUT2D eigenvalue weighted by molar-refractivity contribution is -0.137. The maximum Gasteiger partial charge on any atom is 0.304 e. The summed E-state index contributed by atoms with van der Waals surface area (Å²) in [5.74, 6) is -0.771. The molecule has 1 aromatic heterocycles. The normalized spacial score (nSPS) is 12.3. The Hall–Kier alpha value is -1.42. The van der Waals surface area contributed by atoms with Gasteiger partial charge >= 0.3 is 5.97 Å². The molecule has 0 fully saturated rings. The Balaban J connectivity index is 2.19. The molecule has 1 rings (SSSR count). The topological polar surface area (TPSA) is 62.2 Å². The highest BCUT2D eigenvalue weighted by Crippen LogP contribution is 1.95. The first-order valence-corrected chi connectivity index (χ1v) is 5.03. The van der Waals surface area contributed by atoms with E-state index in [0.29, 0.717) is 0 Å². The number of aromatic nitrogens is 1. The largest absolute Gasteiger partial charge is 0.481 e. The first kappa shape index (κ1) is 11.7. The number of aliphatic carboxylic acids is 1. The summed E-state index contributed by atoms with van der Waals surface area (Å²) >= 11 is 0. The maximum absolute atomic E-state index is 10.4. The van der Waals surface area contributed by atoms with Crippen molar-refractivity contribution in [3.63, 3.8) is 0 Å². The van der Waals surface area contributed by atoms with Gasteiger partial charge in [-0.05, 0) is 19.1 Å². The van der Waals surface area contributed by atoms with Crippen LogP contribution in [0.4, 0.5) is 0 Å². The molecule has 0 spiro atoms. The fraction of sp³-hybridized carbons (Fsp3) is 0.455. The first-order valence-electron chi connectivity index (χ1n) is 5.03. The minimum atomic E-state index is -0.771. The van der Waals surface area contributed by atoms with E-state index in [1.807, 2.05) is 25.1 Å². The van der Waals surface area contributed by atoms with Gasteiger partial charge in [-0.1, -0.05) is 6.07 Å². The van der Waals surface area contributed by atoms with Gasteiger partial charge in [0.15, 0.2) is 0 Å². The van der Waals surface area contributed by atoms with Crippen LogP contribution in [0.1, 0.15) is 19.0 Å². The van der Waals surface area contributed by atoms with E-state index in [2.05, 4.69) is 10.3 Å². The third-order valence-electron chi connectivity index (χ3n) is 2.08. The molecule has 0 saturated heterocycles. The molecular weight excluding hydrogens is 192 g/mol. The summed E-state index contributed by atoms with van der Waals surface area (Å²) in [5, 5.41) is 11.7. The van der Waals surface area contributed by atoms with E-state index in [1.165, 1.54) is 0 Å². The highest BCUT2D eigenvalue weighted by molar-refractivity contribution is 5.67. The molecule has 1 unspecified atom stereocenters. The van der Waals surface area contributed by atoms with Crippen molar-refractivity contribution in [2.45, 2.75) is 25.8 Å². The van der Waals surface area contributed by atoms with Crippen molar-refractivity contribution in [2.24, 2.45) is 0 Å². The summed E-state index contributed by atoms with van der Waals surface area (Å²) < 4.78 is 0. The average molecular weight is 208 g/mol. The summed E-state index contributed by atoms with van der Waals surface area (Å²) in [6.07, 6.45) is 2.74. The van der Waals surface area contributed by atoms with E-state index in [0.717, 1.165) is 18.7 Å². The van der Waals surface area contributed by atoms with Crippen LogP contribution in [0.3, 0.4) is 0 Å². The SMILES string of the molecule is CC(CC(=O)O)NCCc1ccccn1. The van der Waals surface area contributed by atoms with E-state index < -0.39 is 5.97 Å². The number of hydrogen-bond donors (Lipinski definition) is 2. The third kappa shape index (κ3) is 5.12. The van der Waals surface area contributed by atoms with Gasteiger partial charge in [-0.2, -0.15) is 0 Å². The lowest BCUT2D eigenvalue weighted by Crippen LogP contribution is -2.30. The summed E-state index contributed by atoms with van der Waals surface area (Å²) in [4.78, 5) is 14.6. The van der Waals surface area contributed by atoms with Gasteiger partial charge in [0.1, 0.15) is 0 Å². The zero-order valence-electron chi connectivity index (χ0n) is 8.81. The van der Waals surface area contributed by atoms with Crippen molar-refractivity contribution in [3.05, 3.63) is 30.1 Å². The molecule has 0 aliphatic rings.